The molecule has 0 aliphatic rings. The molecule has 0 fully saturated rings. The van der Waals surface area contributed by atoms with Gasteiger partial charge >= 0.3 is 5.97 Å². The number of aliphatic carboxylic acids is 1. The zero-order valence-corrected chi connectivity index (χ0v) is 7.63. The van der Waals surface area contributed by atoms with E-state index in [-0.39, 0.29) is 12.0 Å². The summed E-state index contributed by atoms with van der Waals surface area (Å²) in [6, 6.07) is 3.50. The molecule has 0 amide bonds. The fourth-order valence-corrected chi connectivity index (χ4v) is 1.35. The number of halogens is 2. The third kappa shape index (κ3) is 2.28. The van der Waals surface area contributed by atoms with Gasteiger partial charge in [-0.3, -0.25) is 4.79 Å². The van der Waals surface area contributed by atoms with E-state index in [9.17, 15) is 13.6 Å². The molecule has 0 aromatic heterocycles. The molecule has 1 atom stereocenters. The van der Waals surface area contributed by atoms with E-state index in [0.29, 0.717) is 0 Å². The molecule has 0 bridgehead atoms. The Labute approximate surface area is 80.2 Å². The molecule has 0 unspecified atom stereocenters. The number of carboxylic acid groups (broad SMARTS) is 1. The van der Waals surface area contributed by atoms with Crippen molar-refractivity contribution in [2.45, 2.75) is 19.3 Å². The van der Waals surface area contributed by atoms with Gasteiger partial charge in [-0.1, -0.05) is 13.0 Å². The number of carboxylic acids is 1. The van der Waals surface area contributed by atoms with Gasteiger partial charge in [0.15, 0.2) is 0 Å². The molecule has 0 saturated heterocycles. The fourth-order valence-electron chi connectivity index (χ4n) is 1.35. The van der Waals surface area contributed by atoms with Crippen molar-refractivity contribution in [3.63, 3.8) is 0 Å². The van der Waals surface area contributed by atoms with Crippen LogP contribution >= 0.6 is 0 Å². The summed E-state index contributed by atoms with van der Waals surface area (Å²) < 4.78 is 26.2. The molecule has 14 heavy (non-hydrogen) atoms. The molecule has 1 N–H and O–H groups in total. The van der Waals surface area contributed by atoms with Crippen LogP contribution in [0.5, 0.6) is 0 Å². The zero-order valence-electron chi connectivity index (χ0n) is 7.63. The molecule has 0 spiro atoms. The first-order chi connectivity index (χ1) is 6.52. The Morgan fingerprint density at radius 2 is 1.93 bits per heavy atom. The van der Waals surface area contributed by atoms with Crippen molar-refractivity contribution in [2.75, 3.05) is 0 Å². The van der Waals surface area contributed by atoms with Gasteiger partial charge in [0, 0.05) is 5.56 Å². The Balaban J connectivity index is 2.99. The molecular weight excluding hydrogens is 190 g/mol. The summed E-state index contributed by atoms with van der Waals surface area (Å²) in [6.45, 7) is 1.48. The van der Waals surface area contributed by atoms with E-state index in [0.717, 1.165) is 12.1 Å². The predicted molar refractivity (Wildman–Crippen MR) is 47.0 cm³/mol. The van der Waals surface area contributed by atoms with E-state index < -0.39 is 23.5 Å². The fraction of sp³-hybridized carbons (Fsp3) is 0.300. The second-order valence-corrected chi connectivity index (χ2v) is 3.13. The maximum absolute atomic E-state index is 13.1. The van der Waals surface area contributed by atoms with Gasteiger partial charge in [0.1, 0.15) is 11.6 Å². The van der Waals surface area contributed by atoms with Gasteiger partial charge < -0.3 is 5.11 Å². The van der Waals surface area contributed by atoms with Gasteiger partial charge in [-0.15, -0.1) is 0 Å². The average molecular weight is 200 g/mol. The molecule has 4 heteroatoms. The smallest absolute Gasteiger partial charge is 0.303 e. The summed E-state index contributed by atoms with van der Waals surface area (Å²) in [6.07, 6.45) is -0.280. The first-order valence-corrected chi connectivity index (χ1v) is 4.18. The topological polar surface area (TPSA) is 37.3 Å². The van der Waals surface area contributed by atoms with E-state index >= 15 is 0 Å². The highest BCUT2D eigenvalue weighted by atomic mass is 19.1. The third-order valence-corrected chi connectivity index (χ3v) is 1.97. The number of hydrogen-bond acceptors (Lipinski definition) is 1. The SMILES string of the molecule is C[C@@H](CC(=O)O)c1c(F)cccc1F. The molecule has 0 radical (unpaired) electrons. The highest BCUT2D eigenvalue weighted by molar-refractivity contribution is 5.68. The second-order valence-electron chi connectivity index (χ2n) is 3.13. The summed E-state index contributed by atoms with van der Waals surface area (Å²) in [5.74, 6) is -3.12. The lowest BCUT2D eigenvalue weighted by Crippen LogP contribution is -2.06. The van der Waals surface area contributed by atoms with Crippen LogP contribution in [0.25, 0.3) is 0 Å². The molecule has 1 aromatic rings. The maximum atomic E-state index is 13.1. The minimum Gasteiger partial charge on any atom is -0.481 e. The van der Waals surface area contributed by atoms with Gasteiger partial charge in [0.05, 0.1) is 6.42 Å². The molecule has 0 heterocycles. The van der Waals surface area contributed by atoms with Gasteiger partial charge in [-0.25, -0.2) is 8.78 Å². The lowest BCUT2D eigenvalue weighted by Gasteiger charge is -2.10. The molecular formula is C10H10F2O2. The quantitative estimate of drug-likeness (QED) is 0.814. The predicted octanol–water partition coefficient (Wildman–Crippen LogP) is 2.54. The van der Waals surface area contributed by atoms with Crippen LogP contribution in [-0.4, -0.2) is 11.1 Å². The van der Waals surface area contributed by atoms with Crippen molar-refractivity contribution >= 4 is 5.97 Å². The Kier molecular flexibility index (Phi) is 3.17. The number of carbonyl (C=O) groups is 1. The van der Waals surface area contributed by atoms with Gasteiger partial charge in [0.2, 0.25) is 0 Å². The van der Waals surface area contributed by atoms with E-state index in [2.05, 4.69) is 0 Å². The van der Waals surface area contributed by atoms with E-state index in [1.807, 2.05) is 0 Å². The molecule has 2 nitrogen and oxygen atoms in total. The zero-order chi connectivity index (χ0) is 10.7. The van der Waals surface area contributed by atoms with Crippen molar-refractivity contribution in [1.82, 2.24) is 0 Å². The van der Waals surface area contributed by atoms with Crippen LogP contribution in [0.3, 0.4) is 0 Å². The minimum atomic E-state index is -1.07. The molecule has 1 rings (SSSR count). The molecule has 0 saturated carbocycles. The highest BCUT2D eigenvalue weighted by Crippen LogP contribution is 2.24. The first kappa shape index (κ1) is 10.6. The van der Waals surface area contributed by atoms with Crippen LogP contribution in [0.2, 0.25) is 0 Å². The van der Waals surface area contributed by atoms with Crippen LogP contribution in [0.4, 0.5) is 8.78 Å². The van der Waals surface area contributed by atoms with Crippen molar-refractivity contribution in [3.05, 3.63) is 35.4 Å². The van der Waals surface area contributed by atoms with E-state index in [4.69, 9.17) is 5.11 Å². The summed E-state index contributed by atoms with van der Waals surface area (Å²) in [4.78, 5) is 10.4. The minimum absolute atomic E-state index is 0.157. The van der Waals surface area contributed by atoms with Crippen molar-refractivity contribution in [1.29, 1.82) is 0 Å². The number of hydrogen-bond donors (Lipinski definition) is 1. The lowest BCUT2D eigenvalue weighted by molar-refractivity contribution is -0.137. The van der Waals surface area contributed by atoms with Crippen molar-refractivity contribution < 1.29 is 18.7 Å². The second kappa shape index (κ2) is 4.17. The van der Waals surface area contributed by atoms with Crippen molar-refractivity contribution in [3.8, 4) is 0 Å². The first-order valence-electron chi connectivity index (χ1n) is 4.18. The highest BCUT2D eigenvalue weighted by Gasteiger charge is 2.18. The molecule has 1 aromatic carbocycles. The summed E-state index contributed by atoms with van der Waals surface area (Å²) in [7, 11) is 0. The largest absolute Gasteiger partial charge is 0.481 e. The van der Waals surface area contributed by atoms with Crippen LogP contribution < -0.4 is 0 Å². The summed E-state index contributed by atoms with van der Waals surface area (Å²) in [5.41, 5.74) is -0.157. The van der Waals surface area contributed by atoms with Crippen LogP contribution in [-0.2, 0) is 4.79 Å². The van der Waals surface area contributed by atoms with Crippen LogP contribution in [0.1, 0.15) is 24.8 Å². The molecule has 76 valence electrons. The molecule has 0 aliphatic carbocycles. The Bertz CT molecular complexity index is 330. The Morgan fingerprint density at radius 3 is 2.36 bits per heavy atom. The van der Waals surface area contributed by atoms with Gasteiger partial charge in [-0.05, 0) is 18.1 Å². The van der Waals surface area contributed by atoms with Crippen LogP contribution in [0, 0.1) is 11.6 Å². The summed E-state index contributed by atoms with van der Waals surface area (Å²) in [5, 5.41) is 8.48. The lowest BCUT2D eigenvalue weighted by atomic mass is 9.97. The molecule has 0 aliphatic heterocycles. The Morgan fingerprint density at radius 1 is 1.43 bits per heavy atom. The van der Waals surface area contributed by atoms with Gasteiger partial charge in [-0.2, -0.15) is 0 Å². The normalized spacial score (nSPS) is 12.5. The monoisotopic (exact) mass is 200 g/mol. The van der Waals surface area contributed by atoms with Gasteiger partial charge in [0.25, 0.3) is 0 Å². The maximum Gasteiger partial charge on any atom is 0.303 e. The third-order valence-electron chi connectivity index (χ3n) is 1.97. The number of benzene rings is 1. The van der Waals surface area contributed by atoms with E-state index in [1.165, 1.54) is 13.0 Å². The number of rotatable bonds is 3. The van der Waals surface area contributed by atoms with Crippen molar-refractivity contribution in [2.24, 2.45) is 0 Å². The van der Waals surface area contributed by atoms with Crippen LogP contribution in [0.15, 0.2) is 18.2 Å². The average Bonchev–Trinajstić information content (AvgIpc) is 2.01. The summed E-state index contributed by atoms with van der Waals surface area (Å²) >= 11 is 0. The standard InChI is InChI=1S/C10H10F2O2/c1-6(5-9(13)14)10-7(11)3-2-4-8(10)12/h2-4,6H,5H2,1H3,(H,13,14)/t6-/m0/s1. The Hall–Kier alpha value is -1.45. The van der Waals surface area contributed by atoms with E-state index in [1.54, 1.807) is 0 Å².